The van der Waals surface area contributed by atoms with Gasteiger partial charge in [0.05, 0.1) is 11.4 Å². The molecule has 0 heterocycles. The Balaban J connectivity index is 2.81. The molecule has 0 aromatic heterocycles. The molecule has 0 aliphatic rings. The van der Waals surface area contributed by atoms with Gasteiger partial charge in [-0.05, 0) is 13.8 Å². The monoisotopic (exact) mass is 226 g/mol. The van der Waals surface area contributed by atoms with Gasteiger partial charge >= 0.3 is 0 Å². The standard InChI is InChI=1S/C11H15ClN2O/c1-11(2,12)8-13-10(14-15)9-6-4-3-5-7-9/h3-7,15H,8H2,1-2H3,(H,13,14). The van der Waals surface area contributed by atoms with Gasteiger partial charge in [-0.2, -0.15) is 0 Å². The van der Waals surface area contributed by atoms with Crippen LogP contribution in [0.15, 0.2) is 35.3 Å². The van der Waals surface area contributed by atoms with Crippen molar-refractivity contribution in [2.75, 3.05) is 6.54 Å². The number of alkyl halides is 1. The summed E-state index contributed by atoms with van der Waals surface area (Å²) in [6, 6.07) is 9.40. The van der Waals surface area contributed by atoms with E-state index in [9.17, 15) is 0 Å². The molecule has 0 aliphatic carbocycles. The molecule has 2 N–H and O–H groups in total. The van der Waals surface area contributed by atoms with E-state index in [0.717, 1.165) is 5.56 Å². The lowest BCUT2D eigenvalue weighted by Crippen LogP contribution is -2.24. The van der Waals surface area contributed by atoms with E-state index in [2.05, 4.69) is 10.5 Å². The van der Waals surface area contributed by atoms with Crippen LogP contribution in [0.2, 0.25) is 0 Å². The second-order valence-electron chi connectivity index (χ2n) is 3.86. The van der Waals surface area contributed by atoms with E-state index in [1.807, 2.05) is 44.2 Å². The quantitative estimate of drug-likeness (QED) is 0.360. The molecule has 0 saturated carbocycles. The lowest BCUT2D eigenvalue weighted by Gasteiger charge is -2.13. The molecule has 0 bridgehead atoms. The van der Waals surface area contributed by atoms with Crippen molar-refractivity contribution < 1.29 is 5.21 Å². The highest BCUT2D eigenvalue weighted by atomic mass is 35.5. The van der Waals surface area contributed by atoms with Crippen molar-refractivity contribution in [3.05, 3.63) is 35.9 Å². The lowest BCUT2D eigenvalue weighted by atomic mass is 10.2. The number of rotatable bonds is 3. The third-order valence-electron chi connectivity index (χ3n) is 1.77. The zero-order valence-electron chi connectivity index (χ0n) is 8.87. The van der Waals surface area contributed by atoms with Crippen LogP contribution in [-0.4, -0.2) is 22.5 Å². The molecule has 1 rings (SSSR count). The summed E-state index contributed by atoms with van der Waals surface area (Å²) in [7, 11) is 0. The van der Waals surface area contributed by atoms with Crippen molar-refractivity contribution in [3.8, 4) is 0 Å². The number of amidine groups is 1. The third-order valence-corrected chi connectivity index (χ3v) is 1.89. The molecule has 0 atom stereocenters. The number of nitrogens with one attached hydrogen (secondary N) is 1. The van der Waals surface area contributed by atoms with Crippen LogP contribution < -0.4 is 5.48 Å². The van der Waals surface area contributed by atoms with E-state index in [1.165, 1.54) is 0 Å². The Morgan fingerprint density at radius 3 is 2.47 bits per heavy atom. The Labute approximate surface area is 94.8 Å². The molecular weight excluding hydrogens is 212 g/mol. The predicted molar refractivity (Wildman–Crippen MR) is 62.7 cm³/mol. The molecule has 0 amide bonds. The highest BCUT2D eigenvalue weighted by Gasteiger charge is 2.12. The number of aliphatic imine (C=N–C) groups is 1. The Kier molecular flexibility index (Phi) is 4.12. The molecule has 0 fully saturated rings. The molecule has 4 heteroatoms. The first kappa shape index (κ1) is 12.0. The normalized spacial score (nSPS) is 12.7. The van der Waals surface area contributed by atoms with Crippen LogP contribution in [0, 0.1) is 0 Å². The highest BCUT2D eigenvalue weighted by molar-refractivity contribution is 6.23. The van der Waals surface area contributed by atoms with E-state index in [4.69, 9.17) is 16.8 Å². The molecule has 15 heavy (non-hydrogen) atoms. The maximum Gasteiger partial charge on any atom is 0.152 e. The number of hydrogen-bond acceptors (Lipinski definition) is 2. The summed E-state index contributed by atoms with van der Waals surface area (Å²) in [6.45, 7) is 4.18. The van der Waals surface area contributed by atoms with Crippen molar-refractivity contribution in [3.63, 3.8) is 0 Å². The third kappa shape index (κ3) is 4.32. The first-order chi connectivity index (χ1) is 7.03. The van der Waals surface area contributed by atoms with Crippen LogP contribution in [0.1, 0.15) is 19.4 Å². The van der Waals surface area contributed by atoms with Gasteiger partial charge in [0.2, 0.25) is 0 Å². The van der Waals surface area contributed by atoms with Crippen LogP contribution in [0.5, 0.6) is 0 Å². The Bertz CT molecular complexity index is 330. The maximum absolute atomic E-state index is 8.95. The lowest BCUT2D eigenvalue weighted by molar-refractivity contribution is 0.234. The second kappa shape index (κ2) is 5.14. The number of halogens is 1. The zero-order chi connectivity index (χ0) is 11.3. The SMILES string of the molecule is CC(C)(Cl)CN=C(NO)c1ccccc1. The molecular formula is C11H15ClN2O. The van der Waals surface area contributed by atoms with Gasteiger partial charge in [0.1, 0.15) is 0 Å². The molecule has 0 unspecified atom stereocenters. The first-order valence-electron chi connectivity index (χ1n) is 4.72. The van der Waals surface area contributed by atoms with Gasteiger partial charge < -0.3 is 0 Å². The van der Waals surface area contributed by atoms with Gasteiger partial charge in [-0.25, -0.2) is 0 Å². The van der Waals surface area contributed by atoms with Crippen LogP contribution in [0.3, 0.4) is 0 Å². The van der Waals surface area contributed by atoms with Gasteiger partial charge in [-0.3, -0.25) is 15.7 Å². The van der Waals surface area contributed by atoms with Crippen LogP contribution in [0.25, 0.3) is 0 Å². The second-order valence-corrected chi connectivity index (χ2v) is 4.88. The van der Waals surface area contributed by atoms with Gasteiger partial charge in [0, 0.05) is 5.56 Å². The number of nitrogens with zero attached hydrogens (tertiary/aromatic N) is 1. The smallest absolute Gasteiger partial charge is 0.152 e. The minimum atomic E-state index is -0.406. The fourth-order valence-electron chi connectivity index (χ4n) is 1.05. The van der Waals surface area contributed by atoms with Crippen molar-refractivity contribution in [2.24, 2.45) is 4.99 Å². The van der Waals surface area contributed by atoms with Crippen molar-refractivity contribution >= 4 is 17.4 Å². The molecule has 3 nitrogen and oxygen atoms in total. The highest BCUT2D eigenvalue weighted by Crippen LogP contribution is 2.13. The van der Waals surface area contributed by atoms with E-state index < -0.39 is 4.87 Å². The minimum absolute atomic E-state index is 0.406. The topological polar surface area (TPSA) is 44.6 Å². The molecule has 0 radical (unpaired) electrons. The predicted octanol–water partition coefficient (Wildman–Crippen LogP) is 2.43. The van der Waals surface area contributed by atoms with Crippen LogP contribution >= 0.6 is 11.6 Å². The Hall–Kier alpha value is -1.06. The number of hydroxylamine groups is 1. The van der Waals surface area contributed by atoms with Crippen molar-refractivity contribution in [2.45, 2.75) is 18.7 Å². The molecule has 0 aliphatic heterocycles. The van der Waals surface area contributed by atoms with Gasteiger partial charge in [-0.1, -0.05) is 30.3 Å². The number of benzene rings is 1. The summed E-state index contributed by atoms with van der Waals surface area (Å²) in [5, 5.41) is 8.95. The maximum atomic E-state index is 8.95. The first-order valence-corrected chi connectivity index (χ1v) is 5.09. The van der Waals surface area contributed by atoms with Crippen molar-refractivity contribution in [1.82, 2.24) is 5.48 Å². The molecule has 82 valence electrons. The summed E-state index contributed by atoms with van der Waals surface area (Å²) in [5.41, 5.74) is 2.92. The Morgan fingerprint density at radius 1 is 1.40 bits per heavy atom. The van der Waals surface area contributed by atoms with Crippen molar-refractivity contribution in [1.29, 1.82) is 0 Å². The average Bonchev–Trinajstić information content (AvgIpc) is 2.19. The van der Waals surface area contributed by atoms with Crippen LogP contribution in [-0.2, 0) is 0 Å². The van der Waals surface area contributed by atoms with E-state index in [1.54, 1.807) is 0 Å². The largest absolute Gasteiger partial charge is 0.290 e. The summed E-state index contributed by atoms with van der Waals surface area (Å²) in [5.74, 6) is 0.435. The fourth-order valence-corrected chi connectivity index (χ4v) is 1.11. The average molecular weight is 227 g/mol. The molecule has 1 aromatic rings. The summed E-state index contributed by atoms with van der Waals surface area (Å²) in [4.78, 5) is 3.80. The zero-order valence-corrected chi connectivity index (χ0v) is 9.62. The molecule has 0 spiro atoms. The van der Waals surface area contributed by atoms with E-state index >= 15 is 0 Å². The van der Waals surface area contributed by atoms with Gasteiger partial charge in [0.25, 0.3) is 0 Å². The summed E-state index contributed by atoms with van der Waals surface area (Å²) < 4.78 is 0. The summed E-state index contributed by atoms with van der Waals surface area (Å²) >= 11 is 6.01. The molecule has 1 aromatic carbocycles. The summed E-state index contributed by atoms with van der Waals surface area (Å²) in [6.07, 6.45) is 0. The van der Waals surface area contributed by atoms with E-state index in [-0.39, 0.29) is 0 Å². The molecule has 0 saturated heterocycles. The van der Waals surface area contributed by atoms with Crippen LogP contribution in [0.4, 0.5) is 0 Å². The number of hydrogen-bond donors (Lipinski definition) is 2. The fraction of sp³-hybridized carbons (Fsp3) is 0.364. The Morgan fingerprint density at radius 2 is 2.00 bits per heavy atom. The minimum Gasteiger partial charge on any atom is -0.290 e. The van der Waals surface area contributed by atoms with Gasteiger partial charge in [-0.15, -0.1) is 11.6 Å². The van der Waals surface area contributed by atoms with E-state index in [0.29, 0.717) is 12.4 Å². The van der Waals surface area contributed by atoms with Gasteiger partial charge in [0.15, 0.2) is 5.84 Å².